The lowest BCUT2D eigenvalue weighted by Gasteiger charge is -2.31. The third-order valence-corrected chi connectivity index (χ3v) is 9.75. The lowest BCUT2D eigenvalue weighted by atomic mass is 10.1. The Balaban J connectivity index is 1.85. The smallest absolute Gasteiger partial charge is 0.243 e. The maximum absolute atomic E-state index is 13.7. The molecule has 164 valence electrons. The molecule has 2 heterocycles. The third-order valence-electron chi connectivity index (χ3n) is 5.74. The van der Waals surface area contributed by atoms with Crippen LogP contribution in [0.1, 0.15) is 29.5 Å². The second-order valence-electron chi connectivity index (χ2n) is 8.21. The van der Waals surface area contributed by atoms with E-state index in [1.807, 2.05) is 32.9 Å². The Bertz CT molecular complexity index is 915. The number of morpholine rings is 1. The molecule has 9 heteroatoms. The molecule has 2 saturated heterocycles. The van der Waals surface area contributed by atoms with E-state index in [0.717, 1.165) is 25.2 Å². The van der Waals surface area contributed by atoms with Gasteiger partial charge in [-0.2, -0.15) is 4.31 Å². The third kappa shape index (κ3) is 5.38. The number of sulfonamides is 1. The van der Waals surface area contributed by atoms with Gasteiger partial charge in [0, 0.05) is 25.7 Å². The van der Waals surface area contributed by atoms with Crippen molar-refractivity contribution in [3.63, 3.8) is 0 Å². The van der Waals surface area contributed by atoms with E-state index < -0.39 is 25.9 Å². The van der Waals surface area contributed by atoms with Gasteiger partial charge in [0.05, 0.1) is 29.6 Å². The minimum Gasteiger partial charge on any atom is -0.379 e. The Labute approximate surface area is 175 Å². The molecule has 7 nitrogen and oxygen atoms in total. The Hall–Kier alpha value is -1.00. The normalized spacial score (nSPS) is 23.0. The number of aryl methyl sites for hydroxylation is 3. The van der Waals surface area contributed by atoms with E-state index in [1.54, 1.807) is 0 Å². The van der Waals surface area contributed by atoms with Gasteiger partial charge in [-0.25, -0.2) is 16.8 Å². The van der Waals surface area contributed by atoms with Gasteiger partial charge in [-0.15, -0.1) is 0 Å². The summed E-state index contributed by atoms with van der Waals surface area (Å²) >= 11 is 0. The summed E-state index contributed by atoms with van der Waals surface area (Å²) in [4.78, 5) is 2.58. The second kappa shape index (κ2) is 9.01. The van der Waals surface area contributed by atoms with E-state index in [1.165, 1.54) is 4.31 Å². The molecule has 2 aliphatic heterocycles. The van der Waals surface area contributed by atoms with Gasteiger partial charge in [0.1, 0.15) is 0 Å². The lowest BCUT2D eigenvalue weighted by molar-refractivity contribution is 0.0367. The van der Waals surface area contributed by atoms with Crippen molar-refractivity contribution in [3.05, 3.63) is 28.8 Å². The van der Waals surface area contributed by atoms with Crippen molar-refractivity contribution in [2.45, 2.75) is 44.6 Å². The van der Waals surface area contributed by atoms with Crippen LogP contribution in [0.2, 0.25) is 0 Å². The van der Waals surface area contributed by atoms with Gasteiger partial charge in [-0.1, -0.05) is 17.7 Å². The molecule has 2 fully saturated rings. The molecular weight excluding hydrogens is 412 g/mol. The maximum Gasteiger partial charge on any atom is 0.243 e. The van der Waals surface area contributed by atoms with Crippen molar-refractivity contribution >= 4 is 19.9 Å². The standard InChI is InChI=1S/C20H32N2O5S2/c1-16-13-17(2)20(18(3)14-16)29(25,26)22(19-5-12-28(23,24)15-19)7-4-6-21-8-10-27-11-9-21/h13-14,19H,4-12,15H2,1-3H3. The Morgan fingerprint density at radius 1 is 1.14 bits per heavy atom. The fourth-order valence-corrected chi connectivity index (χ4v) is 8.40. The number of hydrogen-bond donors (Lipinski definition) is 0. The van der Waals surface area contributed by atoms with E-state index in [2.05, 4.69) is 4.90 Å². The first-order chi connectivity index (χ1) is 13.6. The molecule has 1 aromatic carbocycles. The van der Waals surface area contributed by atoms with Crippen LogP contribution in [-0.4, -0.2) is 83.0 Å². The van der Waals surface area contributed by atoms with Crippen LogP contribution in [0, 0.1) is 20.8 Å². The number of ether oxygens (including phenoxy) is 1. The molecule has 2 aliphatic rings. The van der Waals surface area contributed by atoms with Crippen molar-refractivity contribution in [1.82, 2.24) is 9.21 Å². The summed E-state index contributed by atoms with van der Waals surface area (Å²) in [6.07, 6.45) is 1.03. The molecule has 0 aliphatic carbocycles. The SMILES string of the molecule is Cc1cc(C)c(S(=O)(=O)N(CCCN2CCOCC2)C2CCS(=O)(=O)C2)c(C)c1. The highest BCUT2D eigenvalue weighted by Crippen LogP contribution is 2.30. The van der Waals surface area contributed by atoms with Crippen molar-refractivity contribution in [1.29, 1.82) is 0 Å². The Morgan fingerprint density at radius 2 is 1.76 bits per heavy atom. The van der Waals surface area contributed by atoms with Crippen LogP contribution in [0.5, 0.6) is 0 Å². The molecular formula is C20H32N2O5S2. The predicted molar refractivity (Wildman–Crippen MR) is 113 cm³/mol. The molecule has 1 atom stereocenters. The average molecular weight is 445 g/mol. The van der Waals surface area contributed by atoms with Crippen molar-refractivity contribution in [2.24, 2.45) is 0 Å². The van der Waals surface area contributed by atoms with Crippen LogP contribution >= 0.6 is 0 Å². The van der Waals surface area contributed by atoms with E-state index in [0.29, 0.717) is 48.6 Å². The fourth-order valence-electron chi connectivity index (χ4n) is 4.47. The zero-order chi connectivity index (χ0) is 21.2. The first-order valence-electron chi connectivity index (χ1n) is 10.2. The van der Waals surface area contributed by atoms with Crippen molar-refractivity contribution in [2.75, 3.05) is 50.9 Å². The highest BCUT2D eigenvalue weighted by atomic mass is 32.2. The summed E-state index contributed by atoms with van der Waals surface area (Å²) in [6, 6.07) is 3.25. The van der Waals surface area contributed by atoms with E-state index in [-0.39, 0.29) is 11.5 Å². The van der Waals surface area contributed by atoms with Gasteiger partial charge in [0.15, 0.2) is 9.84 Å². The van der Waals surface area contributed by atoms with Crippen LogP contribution in [0.15, 0.2) is 17.0 Å². The molecule has 1 unspecified atom stereocenters. The molecule has 0 aromatic heterocycles. The quantitative estimate of drug-likeness (QED) is 0.634. The van der Waals surface area contributed by atoms with Gasteiger partial charge in [-0.3, -0.25) is 4.90 Å². The first kappa shape index (κ1) is 22.7. The first-order valence-corrected chi connectivity index (χ1v) is 13.5. The summed E-state index contributed by atoms with van der Waals surface area (Å²) in [7, 11) is -6.98. The number of hydrogen-bond acceptors (Lipinski definition) is 6. The molecule has 0 N–H and O–H groups in total. The largest absolute Gasteiger partial charge is 0.379 e. The van der Waals surface area contributed by atoms with Gasteiger partial charge in [0.25, 0.3) is 0 Å². The maximum atomic E-state index is 13.7. The van der Waals surface area contributed by atoms with Crippen LogP contribution in [0.4, 0.5) is 0 Å². The minimum atomic E-state index is -3.79. The molecule has 3 rings (SSSR count). The van der Waals surface area contributed by atoms with Gasteiger partial charge in [0.2, 0.25) is 10.0 Å². The van der Waals surface area contributed by atoms with Gasteiger partial charge < -0.3 is 4.74 Å². The molecule has 0 saturated carbocycles. The summed E-state index contributed by atoms with van der Waals surface area (Å²) < 4.78 is 58.3. The Morgan fingerprint density at radius 3 is 2.31 bits per heavy atom. The van der Waals surface area contributed by atoms with Crippen LogP contribution < -0.4 is 0 Å². The zero-order valence-electron chi connectivity index (χ0n) is 17.6. The molecule has 0 bridgehead atoms. The monoisotopic (exact) mass is 444 g/mol. The van der Waals surface area contributed by atoms with Crippen LogP contribution in [-0.2, 0) is 24.6 Å². The summed E-state index contributed by atoms with van der Waals surface area (Å²) in [6.45, 7) is 9.76. The second-order valence-corrected chi connectivity index (χ2v) is 12.3. The van der Waals surface area contributed by atoms with Crippen molar-refractivity contribution in [3.8, 4) is 0 Å². The van der Waals surface area contributed by atoms with Crippen LogP contribution in [0.3, 0.4) is 0 Å². The number of nitrogens with zero attached hydrogens (tertiary/aromatic N) is 2. The van der Waals surface area contributed by atoms with E-state index >= 15 is 0 Å². The van der Waals surface area contributed by atoms with E-state index in [4.69, 9.17) is 4.74 Å². The molecule has 0 radical (unpaired) electrons. The number of rotatable bonds is 7. The van der Waals surface area contributed by atoms with Crippen LogP contribution in [0.25, 0.3) is 0 Å². The Kier molecular flexibility index (Phi) is 7.05. The molecule has 0 amide bonds. The lowest BCUT2D eigenvalue weighted by Crippen LogP contribution is -2.44. The topological polar surface area (TPSA) is 84.0 Å². The highest BCUT2D eigenvalue weighted by Gasteiger charge is 2.39. The summed E-state index contributed by atoms with van der Waals surface area (Å²) in [5.74, 6) is -0.0350. The van der Waals surface area contributed by atoms with Crippen molar-refractivity contribution < 1.29 is 21.6 Å². The van der Waals surface area contributed by atoms with E-state index in [9.17, 15) is 16.8 Å². The number of sulfone groups is 1. The summed E-state index contributed by atoms with van der Waals surface area (Å²) in [5, 5.41) is 0. The minimum absolute atomic E-state index is 0.0546. The molecule has 0 spiro atoms. The zero-order valence-corrected chi connectivity index (χ0v) is 19.2. The fraction of sp³-hybridized carbons (Fsp3) is 0.700. The highest BCUT2D eigenvalue weighted by molar-refractivity contribution is 7.92. The average Bonchev–Trinajstić information content (AvgIpc) is 2.97. The van der Waals surface area contributed by atoms with Gasteiger partial charge >= 0.3 is 0 Å². The molecule has 29 heavy (non-hydrogen) atoms. The molecule has 1 aromatic rings. The van der Waals surface area contributed by atoms with Gasteiger partial charge in [-0.05, 0) is 51.3 Å². The summed E-state index contributed by atoms with van der Waals surface area (Å²) in [5.41, 5.74) is 2.43. The predicted octanol–water partition coefficient (Wildman–Crippen LogP) is 1.51. The number of benzene rings is 1.